The number of fused-ring (bicyclic) bond motifs is 3. The maximum absolute atomic E-state index is 7.29. The average Bonchev–Trinajstić information content (AvgIpc) is 2.95. The van der Waals surface area contributed by atoms with Crippen LogP contribution in [0.1, 0.15) is 11.1 Å². The van der Waals surface area contributed by atoms with Gasteiger partial charge in [0, 0.05) is 22.9 Å². The third kappa shape index (κ3) is 2.08. The highest BCUT2D eigenvalue weighted by Crippen LogP contribution is 2.39. The van der Waals surface area contributed by atoms with Crippen molar-refractivity contribution in [3.63, 3.8) is 0 Å². The van der Waals surface area contributed by atoms with Crippen LogP contribution < -0.4 is 4.57 Å². The minimum Gasteiger partial charge on any atom is -0.456 e. The number of hydrogen-bond acceptors (Lipinski definition) is 1. The van der Waals surface area contributed by atoms with Gasteiger partial charge in [0.05, 0.1) is 12.1 Å². The molecule has 3 nitrogen and oxygen atoms in total. The summed E-state index contributed by atoms with van der Waals surface area (Å²) in [5.41, 5.74) is 7.03. The molecule has 0 atom stereocenters. The zero-order valence-corrected chi connectivity index (χ0v) is 13.9. The Labute approximate surface area is 140 Å². The second-order valence-corrected chi connectivity index (χ2v) is 6.23. The number of pyridine rings is 1. The van der Waals surface area contributed by atoms with Gasteiger partial charge in [-0.05, 0) is 43.2 Å². The lowest BCUT2D eigenvalue weighted by Gasteiger charge is -2.07. The fourth-order valence-corrected chi connectivity index (χ4v) is 3.28. The predicted octanol–water partition coefficient (Wildman–Crippen LogP) is 5.25. The zero-order valence-electron chi connectivity index (χ0n) is 13.9. The van der Waals surface area contributed by atoms with Crippen LogP contribution in [0.5, 0.6) is 0 Å². The van der Waals surface area contributed by atoms with Crippen LogP contribution in [0.15, 0.2) is 53.1 Å². The van der Waals surface area contributed by atoms with Gasteiger partial charge in [-0.15, -0.1) is 0 Å². The van der Waals surface area contributed by atoms with Gasteiger partial charge in [0.15, 0.2) is 11.9 Å². The van der Waals surface area contributed by atoms with Gasteiger partial charge in [-0.25, -0.2) is 9.41 Å². The highest BCUT2D eigenvalue weighted by Gasteiger charge is 2.20. The van der Waals surface area contributed by atoms with Gasteiger partial charge in [0.25, 0.3) is 0 Å². The molecule has 0 N–H and O–H groups in total. The second kappa shape index (κ2) is 5.21. The molecule has 0 saturated heterocycles. The van der Waals surface area contributed by atoms with E-state index in [9.17, 15) is 0 Å². The minimum atomic E-state index is 0.631. The summed E-state index contributed by atoms with van der Waals surface area (Å²) in [6, 6.07) is 14.0. The first kappa shape index (κ1) is 14.5. The number of aryl methyl sites for hydroxylation is 3. The Morgan fingerprint density at radius 3 is 2.58 bits per heavy atom. The maximum atomic E-state index is 7.29. The minimum absolute atomic E-state index is 0.631. The Kier molecular flexibility index (Phi) is 3.14. The molecule has 2 heterocycles. The standard InChI is InChI=1S/C21H17N2O/c1-13-9-10-23(4)17(11-13)20-14(2)5-7-19-21(20)16-12-15(22-3)6-8-18(16)24-19/h5-12H,1-2,4H3/q+1. The summed E-state index contributed by atoms with van der Waals surface area (Å²) in [7, 11) is 2.06. The van der Waals surface area contributed by atoms with E-state index < -0.39 is 0 Å². The van der Waals surface area contributed by atoms with E-state index in [-0.39, 0.29) is 0 Å². The molecule has 3 heteroatoms. The molecule has 0 bridgehead atoms. The van der Waals surface area contributed by atoms with Gasteiger partial charge in [-0.1, -0.05) is 12.1 Å². The fourth-order valence-electron chi connectivity index (χ4n) is 3.28. The highest BCUT2D eigenvalue weighted by atomic mass is 16.3. The Morgan fingerprint density at radius 1 is 1.00 bits per heavy atom. The summed E-state index contributed by atoms with van der Waals surface area (Å²) in [6.45, 7) is 11.5. The lowest BCUT2D eigenvalue weighted by atomic mass is 9.97. The molecule has 0 radical (unpaired) electrons. The SMILES string of the molecule is [C-]#[N+]c1ccc2oc3ccc(C)c(-c4cc(C)cc[n+]4C)c3c2c1. The van der Waals surface area contributed by atoms with Crippen molar-refractivity contribution in [2.24, 2.45) is 7.05 Å². The summed E-state index contributed by atoms with van der Waals surface area (Å²) in [5, 5.41) is 2.08. The summed E-state index contributed by atoms with van der Waals surface area (Å²) in [5.74, 6) is 0. The first-order valence-corrected chi connectivity index (χ1v) is 7.88. The third-order valence-corrected chi connectivity index (χ3v) is 4.52. The summed E-state index contributed by atoms with van der Waals surface area (Å²) < 4.78 is 8.16. The Bertz CT molecular complexity index is 1150. The number of rotatable bonds is 1. The predicted molar refractivity (Wildman–Crippen MR) is 96.1 cm³/mol. The summed E-state index contributed by atoms with van der Waals surface area (Å²) in [6.07, 6.45) is 2.08. The van der Waals surface area contributed by atoms with Crippen LogP contribution in [0.2, 0.25) is 0 Å². The second-order valence-electron chi connectivity index (χ2n) is 6.23. The van der Waals surface area contributed by atoms with Crippen molar-refractivity contribution < 1.29 is 8.98 Å². The number of aromatic nitrogens is 1. The van der Waals surface area contributed by atoms with Crippen LogP contribution in [-0.4, -0.2) is 0 Å². The van der Waals surface area contributed by atoms with Crippen molar-refractivity contribution in [1.82, 2.24) is 0 Å². The van der Waals surface area contributed by atoms with Crippen molar-refractivity contribution in [3.8, 4) is 11.3 Å². The van der Waals surface area contributed by atoms with Crippen LogP contribution in [0.3, 0.4) is 0 Å². The largest absolute Gasteiger partial charge is 0.456 e. The normalized spacial score (nSPS) is 11.1. The lowest BCUT2D eigenvalue weighted by Crippen LogP contribution is -2.30. The molecule has 0 amide bonds. The van der Waals surface area contributed by atoms with E-state index in [4.69, 9.17) is 11.0 Å². The molecule has 0 saturated carbocycles. The van der Waals surface area contributed by atoms with Crippen molar-refractivity contribution in [2.45, 2.75) is 13.8 Å². The van der Waals surface area contributed by atoms with Crippen LogP contribution in [0.25, 0.3) is 38.0 Å². The molecule has 0 unspecified atom stereocenters. The molecule has 24 heavy (non-hydrogen) atoms. The van der Waals surface area contributed by atoms with Gasteiger partial charge in [-0.3, -0.25) is 0 Å². The van der Waals surface area contributed by atoms with Gasteiger partial charge in [0.2, 0.25) is 5.69 Å². The number of hydrogen-bond donors (Lipinski definition) is 0. The number of benzene rings is 2. The molecular formula is C21H17N2O+. The van der Waals surface area contributed by atoms with Crippen molar-refractivity contribution in [1.29, 1.82) is 0 Å². The first-order valence-electron chi connectivity index (χ1n) is 7.88. The summed E-state index contributed by atoms with van der Waals surface area (Å²) >= 11 is 0. The van der Waals surface area contributed by atoms with E-state index in [0.717, 1.165) is 27.6 Å². The third-order valence-electron chi connectivity index (χ3n) is 4.52. The van der Waals surface area contributed by atoms with E-state index in [1.54, 1.807) is 6.07 Å². The lowest BCUT2D eigenvalue weighted by molar-refractivity contribution is -0.660. The van der Waals surface area contributed by atoms with E-state index in [1.807, 2.05) is 18.2 Å². The molecule has 2 aromatic carbocycles. The topological polar surface area (TPSA) is 21.4 Å². The molecule has 4 rings (SSSR count). The molecule has 0 aliphatic heterocycles. The number of nitrogens with zero attached hydrogens (tertiary/aromatic N) is 2. The Hall–Kier alpha value is -3.12. The molecule has 4 aromatic rings. The van der Waals surface area contributed by atoms with Crippen molar-refractivity contribution >= 4 is 27.6 Å². The molecular weight excluding hydrogens is 296 g/mol. The molecule has 0 aliphatic carbocycles. The van der Waals surface area contributed by atoms with Crippen molar-refractivity contribution in [3.05, 3.63) is 71.2 Å². The monoisotopic (exact) mass is 313 g/mol. The Balaban J connectivity index is 2.20. The van der Waals surface area contributed by atoms with Gasteiger partial charge >= 0.3 is 0 Å². The maximum Gasteiger partial charge on any atom is 0.213 e. The molecule has 0 fully saturated rings. The fraction of sp³-hybridized carbons (Fsp3) is 0.143. The highest BCUT2D eigenvalue weighted by molar-refractivity contribution is 6.13. The van der Waals surface area contributed by atoms with Crippen LogP contribution in [0, 0.1) is 20.4 Å². The van der Waals surface area contributed by atoms with E-state index in [0.29, 0.717) is 5.69 Å². The van der Waals surface area contributed by atoms with E-state index >= 15 is 0 Å². The van der Waals surface area contributed by atoms with Crippen LogP contribution in [0.4, 0.5) is 5.69 Å². The van der Waals surface area contributed by atoms with Gasteiger partial charge < -0.3 is 4.42 Å². The average molecular weight is 313 g/mol. The molecule has 2 aromatic heterocycles. The molecule has 0 spiro atoms. The van der Waals surface area contributed by atoms with E-state index in [2.05, 4.69) is 54.7 Å². The van der Waals surface area contributed by atoms with Crippen LogP contribution in [-0.2, 0) is 7.05 Å². The molecule has 0 aliphatic rings. The van der Waals surface area contributed by atoms with E-state index in [1.165, 1.54) is 16.7 Å². The smallest absolute Gasteiger partial charge is 0.213 e. The first-order chi connectivity index (χ1) is 11.6. The zero-order chi connectivity index (χ0) is 16.8. The quantitative estimate of drug-likeness (QED) is 0.347. The van der Waals surface area contributed by atoms with Gasteiger partial charge in [-0.2, -0.15) is 0 Å². The van der Waals surface area contributed by atoms with Crippen LogP contribution >= 0.6 is 0 Å². The Morgan fingerprint density at radius 2 is 1.79 bits per heavy atom. The number of furan rings is 1. The van der Waals surface area contributed by atoms with Gasteiger partial charge in [0.1, 0.15) is 18.2 Å². The summed E-state index contributed by atoms with van der Waals surface area (Å²) in [4.78, 5) is 3.57. The van der Waals surface area contributed by atoms with Crippen molar-refractivity contribution in [2.75, 3.05) is 0 Å². The molecule has 116 valence electrons.